The van der Waals surface area contributed by atoms with Gasteiger partial charge in [-0.1, -0.05) is 13.8 Å². The zero-order valence-electron chi connectivity index (χ0n) is 9.32. The van der Waals surface area contributed by atoms with E-state index in [2.05, 4.69) is 5.32 Å². The van der Waals surface area contributed by atoms with Gasteiger partial charge in [-0.3, -0.25) is 0 Å². The Morgan fingerprint density at radius 1 is 1.14 bits per heavy atom. The molecule has 0 saturated heterocycles. The van der Waals surface area contributed by atoms with Gasteiger partial charge < -0.3 is 20.6 Å². The molecular formula is C10H23NO3. The predicted molar refractivity (Wildman–Crippen MR) is 56.0 cm³/mol. The minimum Gasteiger partial charge on any atom is -0.396 e. The molecule has 0 radical (unpaired) electrons. The highest BCUT2D eigenvalue weighted by atomic mass is 16.3. The summed E-state index contributed by atoms with van der Waals surface area (Å²) in [5.74, 6) is 0.177. The SMILES string of the molecule is CC(CO)C(C)NCC(C)(CO)CO. The molecule has 4 nitrogen and oxygen atoms in total. The summed E-state index contributed by atoms with van der Waals surface area (Å²) >= 11 is 0. The number of aliphatic hydroxyl groups excluding tert-OH is 3. The lowest BCUT2D eigenvalue weighted by Crippen LogP contribution is -2.44. The Bertz CT molecular complexity index is 148. The summed E-state index contributed by atoms with van der Waals surface area (Å²) in [5.41, 5.74) is -0.483. The van der Waals surface area contributed by atoms with Crippen molar-refractivity contribution >= 4 is 0 Å². The van der Waals surface area contributed by atoms with Crippen LogP contribution in [0.25, 0.3) is 0 Å². The fraction of sp³-hybridized carbons (Fsp3) is 1.00. The lowest BCUT2D eigenvalue weighted by molar-refractivity contribution is 0.0645. The third kappa shape index (κ3) is 4.37. The van der Waals surface area contributed by atoms with E-state index in [1.54, 1.807) is 0 Å². The smallest absolute Gasteiger partial charge is 0.0518 e. The monoisotopic (exact) mass is 205 g/mol. The lowest BCUT2D eigenvalue weighted by atomic mass is 9.92. The zero-order valence-corrected chi connectivity index (χ0v) is 9.32. The van der Waals surface area contributed by atoms with Gasteiger partial charge in [0.25, 0.3) is 0 Å². The van der Waals surface area contributed by atoms with E-state index in [4.69, 9.17) is 15.3 Å². The topological polar surface area (TPSA) is 72.7 Å². The first-order chi connectivity index (χ1) is 6.49. The molecule has 0 aliphatic rings. The van der Waals surface area contributed by atoms with Crippen molar-refractivity contribution in [3.63, 3.8) is 0 Å². The summed E-state index contributed by atoms with van der Waals surface area (Å²) in [4.78, 5) is 0. The molecule has 4 N–H and O–H groups in total. The quantitative estimate of drug-likeness (QED) is 0.456. The minimum atomic E-state index is -0.483. The van der Waals surface area contributed by atoms with Crippen molar-refractivity contribution in [2.24, 2.45) is 11.3 Å². The van der Waals surface area contributed by atoms with E-state index in [1.807, 2.05) is 20.8 Å². The standard InChI is InChI=1S/C10H23NO3/c1-8(4-12)9(2)11-5-10(3,6-13)7-14/h8-9,11-14H,4-7H2,1-3H3. The third-order valence-corrected chi connectivity index (χ3v) is 2.76. The Hall–Kier alpha value is -0.160. The van der Waals surface area contributed by atoms with Gasteiger partial charge in [-0.2, -0.15) is 0 Å². The van der Waals surface area contributed by atoms with Crippen LogP contribution in [0, 0.1) is 11.3 Å². The molecule has 0 aromatic carbocycles. The van der Waals surface area contributed by atoms with Crippen LogP contribution in [0.4, 0.5) is 0 Å². The highest BCUT2D eigenvalue weighted by Crippen LogP contribution is 2.13. The Morgan fingerprint density at radius 3 is 2.00 bits per heavy atom. The summed E-state index contributed by atoms with van der Waals surface area (Å²) in [7, 11) is 0. The van der Waals surface area contributed by atoms with Crippen LogP contribution in [0.15, 0.2) is 0 Å². The van der Waals surface area contributed by atoms with Gasteiger partial charge in [-0.05, 0) is 12.8 Å². The predicted octanol–water partition coefficient (Wildman–Crippen LogP) is -0.416. The molecule has 0 aliphatic heterocycles. The molecule has 0 amide bonds. The van der Waals surface area contributed by atoms with E-state index < -0.39 is 5.41 Å². The molecular weight excluding hydrogens is 182 g/mol. The maximum Gasteiger partial charge on any atom is 0.0518 e. The molecule has 86 valence electrons. The van der Waals surface area contributed by atoms with Crippen LogP contribution in [0.2, 0.25) is 0 Å². The van der Waals surface area contributed by atoms with E-state index >= 15 is 0 Å². The van der Waals surface area contributed by atoms with E-state index in [0.717, 1.165) is 0 Å². The summed E-state index contributed by atoms with van der Waals surface area (Å²) in [5, 5.41) is 30.2. The van der Waals surface area contributed by atoms with E-state index in [-0.39, 0.29) is 31.8 Å². The normalized spacial score (nSPS) is 16.7. The highest BCUT2D eigenvalue weighted by Gasteiger charge is 2.23. The fourth-order valence-corrected chi connectivity index (χ4v) is 0.928. The van der Waals surface area contributed by atoms with Crippen LogP contribution < -0.4 is 5.32 Å². The molecule has 0 aromatic rings. The van der Waals surface area contributed by atoms with Crippen molar-refractivity contribution in [2.45, 2.75) is 26.8 Å². The van der Waals surface area contributed by atoms with Crippen LogP contribution in [-0.4, -0.2) is 47.7 Å². The Labute approximate surface area is 86.0 Å². The second-order valence-electron chi connectivity index (χ2n) is 4.46. The van der Waals surface area contributed by atoms with Gasteiger partial charge in [0.15, 0.2) is 0 Å². The Balaban J connectivity index is 3.91. The van der Waals surface area contributed by atoms with Gasteiger partial charge >= 0.3 is 0 Å². The molecule has 0 aliphatic carbocycles. The second kappa shape index (κ2) is 6.35. The minimum absolute atomic E-state index is 0.0449. The van der Waals surface area contributed by atoms with Gasteiger partial charge in [0, 0.05) is 24.6 Å². The molecule has 2 atom stereocenters. The van der Waals surface area contributed by atoms with Gasteiger partial charge in [0.2, 0.25) is 0 Å². The first kappa shape index (κ1) is 13.8. The zero-order chi connectivity index (χ0) is 11.2. The Morgan fingerprint density at radius 2 is 1.64 bits per heavy atom. The van der Waals surface area contributed by atoms with Crippen molar-refractivity contribution in [3.05, 3.63) is 0 Å². The summed E-state index contributed by atoms with van der Waals surface area (Å²) in [6.07, 6.45) is 0. The number of rotatable bonds is 7. The molecule has 2 unspecified atom stereocenters. The molecule has 0 saturated carbocycles. The van der Waals surface area contributed by atoms with Gasteiger partial charge in [0.05, 0.1) is 13.2 Å². The molecule has 0 bridgehead atoms. The number of nitrogens with one attached hydrogen (secondary N) is 1. The molecule has 4 heteroatoms. The van der Waals surface area contributed by atoms with E-state index in [9.17, 15) is 0 Å². The maximum absolute atomic E-state index is 9.04. The van der Waals surface area contributed by atoms with Crippen LogP contribution in [-0.2, 0) is 0 Å². The third-order valence-electron chi connectivity index (χ3n) is 2.76. The summed E-state index contributed by atoms with van der Waals surface area (Å²) in [6.45, 7) is 6.35. The fourth-order valence-electron chi connectivity index (χ4n) is 0.928. The highest BCUT2D eigenvalue weighted by molar-refractivity contribution is 4.78. The van der Waals surface area contributed by atoms with Crippen molar-refractivity contribution in [2.75, 3.05) is 26.4 Å². The van der Waals surface area contributed by atoms with Gasteiger partial charge in [-0.15, -0.1) is 0 Å². The number of hydrogen-bond donors (Lipinski definition) is 4. The van der Waals surface area contributed by atoms with Gasteiger partial charge in [-0.25, -0.2) is 0 Å². The Kier molecular flexibility index (Phi) is 6.27. The first-order valence-electron chi connectivity index (χ1n) is 5.05. The molecule has 0 heterocycles. The summed E-state index contributed by atoms with van der Waals surface area (Å²) < 4.78 is 0. The number of hydrogen-bond acceptors (Lipinski definition) is 4. The van der Waals surface area contributed by atoms with Crippen molar-refractivity contribution in [3.8, 4) is 0 Å². The average molecular weight is 205 g/mol. The van der Waals surface area contributed by atoms with E-state index in [0.29, 0.717) is 6.54 Å². The molecule has 0 rings (SSSR count). The second-order valence-corrected chi connectivity index (χ2v) is 4.46. The lowest BCUT2D eigenvalue weighted by Gasteiger charge is -2.28. The summed E-state index contributed by atoms with van der Waals surface area (Å²) in [6, 6.07) is 0.178. The van der Waals surface area contributed by atoms with Gasteiger partial charge in [0.1, 0.15) is 0 Å². The van der Waals surface area contributed by atoms with Crippen molar-refractivity contribution in [1.29, 1.82) is 0 Å². The van der Waals surface area contributed by atoms with Crippen LogP contribution in [0.1, 0.15) is 20.8 Å². The van der Waals surface area contributed by atoms with Crippen molar-refractivity contribution in [1.82, 2.24) is 5.32 Å². The van der Waals surface area contributed by atoms with Crippen LogP contribution in [0.5, 0.6) is 0 Å². The number of aliphatic hydroxyl groups is 3. The van der Waals surface area contributed by atoms with E-state index in [1.165, 1.54) is 0 Å². The van der Waals surface area contributed by atoms with Crippen LogP contribution in [0.3, 0.4) is 0 Å². The molecule has 0 aromatic heterocycles. The largest absolute Gasteiger partial charge is 0.396 e. The maximum atomic E-state index is 9.04. The first-order valence-corrected chi connectivity index (χ1v) is 5.05. The average Bonchev–Trinajstić information content (AvgIpc) is 2.24. The molecule has 0 spiro atoms. The molecule has 0 fully saturated rings. The molecule has 14 heavy (non-hydrogen) atoms. The van der Waals surface area contributed by atoms with Crippen molar-refractivity contribution < 1.29 is 15.3 Å². The van der Waals surface area contributed by atoms with Crippen LogP contribution >= 0.6 is 0 Å².